The van der Waals surface area contributed by atoms with Gasteiger partial charge >= 0.3 is 5.92 Å². The van der Waals surface area contributed by atoms with E-state index >= 15 is 8.78 Å². The average molecular weight is 559 g/mol. The molecule has 0 fully saturated rings. The number of fused-ring (bicyclic) bond motifs is 1. The summed E-state index contributed by atoms with van der Waals surface area (Å²) in [6.45, 7) is 2.12. The number of aromatic nitrogens is 3. The molecule has 2 aromatic carbocycles. The van der Waals surface area contributed by atoms with Crippen molar-refractivity contribution >= 4 is 23.2 Å². The summed E-state index contributed by atoms with van der Waals surface area (Å²) in [5.41, 5.74) is 0.429. The van der Waals surface area contributed by atoms with Gasteiger partial charge in [0.25, 0.3) is 11.8 Å². The number of carbonyl (C=O) groups is 2. The Morgan fingerprint density at radius 1 is 1.15 bits per heavy atom. The van der Waals surface area contributed by atoms with Crippen molar-refractivity contribution in [3.05, 3.63) is 94.9 Å². The highest BCUT2D eigenvalue weighted by Gasteiger charge is 2.39. The van der Waals surface area contributed by atoms with Crippen LogP contribution in [0.5, 0.6) is 11.6 Å². The fourth-order valence-electron chi connectivity index (χ4n) is 4.77. The van der Waals surface area contributed by atoms with Gasteiger partial charge in [0.2, 0.25) is 5.88 Å². The predicted molar refractivity (Wildman–Crippen MR) is 144 cm³/mol. The van der Waals surface area contributed by atoms with Crippen molar-refractivity contribution in [2.75, 3.05) is 24.4 Å². The number of halogens is 2. The highest BCUT2D eigenvalue weighted by Crippen LogP contribution is 2.40. The second-order valence-electron chi connectivity index (χ2n) is 9.28. The quantitative estimate of drug-likeness (QED) is 0.352. The van der Waals surface area contributed by atoms with Crippen LogP contribution < -0.4 is 19.7 Å². The Kier molecular flexibility index (Phi) is 7.11. The number of hydrogen-bond donors (Lipinski definition) is 1. The van der Waals surface area contributed by atoms with E-state index in [9.17, 15) is 14.9 Å². The van der Waals surface area contributed by atoms with Crippen molar-refractivity contribution in [3.63, 3.8) is 0 Å². The summed E-state index contributed by atoms with van der Waals surface area (Å²) in [5.74, 6) is -4.25. The first-order valence-electron chi connectivity index (χ1n) is 12.5. The van der Waals surface area contributed by atoms with Gasteiger partial charge in [-0.2, -0.15) is 19.1 Å². The first kappa shape index (κ1) is 27.3. The molecule has 1 atom stereocenters. The molecular formula is C29H24F2N6O4. The fourth-order valence-corrected chi connectivity index (χ4v) is 4.77. The SMILES string of the molecule is COc1ccc(C(=O)Nc2cnn3c2C(=O)N(c2ccc(C(F)(F)c4cccnc4OC)cc2)[C@@H](C)C3)cc1C#N. The molecule has 2 aromatic heterocycles. The van der Waals surface area contributed by atoms with Crippen molar-refractivity contribution in [1.82, 2.24) is 14.8 Å². The van der Waals surface area contributed by atoms with Gasteiger partial charge in [-0.25, -0.2) is 4.98 Å². The van der Waals surface area contributed by atoms with Crippen LogP contribution in [0.4, 0.5) is 20.2 Å². The minimum Gasteiger partial charge on any atom is -0.495 e. The maximum atomic E-state index is 15.3. The van der Waals surface area contributed by atoms with E-state index < -0.39 is 17.7 Å². The molecule has 5 rings (SSSR count). The molecule has 208 valence electrons. The molecule has 0 saturated carbocycles. The summed E-state index contributed by atoms with van der Waals surface area (Å²) in [5, 5.41) is 16.3. The van der Waals surface area contributed by atoms with Crippen molar-refractivity contribution in [2.45, 2.75) is 25.4 Å². The van der Waals surface area contributed by atoms with Crippen LogP contribution in [0.15, 0.2) is 67.0 Å². The van der Waals surface area contributed by atoms with Gasteiger partial charge in [-0.3, -0.25) is 14.3 Å². The lowest BCUT2D eigenvalue weighted by atomic mass is 10.0. The lowest BCUT2D eigenvalue weighted by molar-refractivity contribution is 0.0395. The third kappa shape index (κ3) is 4.82. The van der Waals surface area contributed by atoms with Crippen molar-refractivity contribution < 1.29 is 27.8 Å². The van der Waals surface area contributed by atoms with Crippen LogP contribution in [0, 0.1) is 11.3 Å². The van der Waals surface area contributed by atoms with Crippen LogP contribution in [-0.2, 0) is 12.5 Å². The molecule has 0 aliphatic carbocycles. The summed E-state index contributed by atoms with van der Waals surface area (Å²) < 4.78 is 42.3. The zero-order valence-electron chi connectivity index (χ0n) is 22.3. The van der Waals surface area contributed by atoms with E-state index in [1.807, 2.05) is 13.0 Å². The first-order valence-corrected chi connectivity index (χ1v) is 12.5. The van der Waals surface area contributed by atoms with Gasteiger partial charge in [0.15, 0.2) is 0 Å². The Hall–Kier alpha value is -5.31. The highest BCUT2D eigenvalue weighted by atomic mass is 19.3. The Bertz CT molecular complexity index is 1680. The molecule has 0 unspecified atom stereocenters. The number of anilines is 2. The topological polar surface area (TPSA) is 122 Å². The number of methoxy groups -OCH3 is 2. The molecule has 41 heavy (non-hydrogen) atoms. The molecule has 1 N–H and O–H groups in total. The minimum atomic E-state index is -3.39. The molecule has 1 aliphatic heterocycles. The minimum absolute atomic E-state index is 0.139. The van der Waals surface area contributed by atoms with Crippen LogP contribution in [0.3, 0.4) is 0 Å². The summed E-state index contributed by atoms with van der Waals surface area (Å²) in [6, 6.07) is 14.1. The standard InChI is InChI=1S/C29H24F2N6O4/c1-17-16-36-25(23(15-34-36)35-26(38)18-6-11-24(40-2)19(13-18)14-32)28(39)37(17)21-9-7-20(8-10-21)29(30,31)22-5-4-12-33-27(22)41-3/h4-13,15,17H,16H2,1-3H3,(H,35,38)/t17-/m0/s1. The average Bonchev–Trinajstić information content (AvgIpc) is 3.39. The van der Waals surface area contributed by atoms with Gasteiger partial charge in [-0.05, 0) is 49.4 Å². The molecule has 0 saturated heterocycles. The molecule has 0 bridgehead atoms. The number of benzene rings is 2. The maximum Gasteiger partial charge on any atom is 0.303 e. The Balaban J connectivity index is 1.41. The molecule has 10 nitrogen and oxygen atoms in total. The number of pyridine rings is 1. The molecule has 1 aliphatic rings. The van der Waals surface area contributed by atoms with Gasteiger partial charge in [-0.1, -0.05) is 12.1 Å². The van der Waals surface area contributed by atoms with E-state index in [-0.39, 0.29) is 45.6 Å². The van der Waals surface area contributed by atoms with Gasteiger partial charge in [0, 0.05) is 23.0 Å². The normalized spacial score (nSPS) is 14.7. The maximum absolute atomic E-state index is 15.3. The number of nitriles is 1. The second kappa shape index (κ2) is 10.7. The lowest BCUT2D eigenvalue weighted by Crippen LogP contribution is -2.47. The fraction of sp³-hybridized carbons (Fsp3) is 0.207. The molecular weight excluding hydrogens is 534 g/mol. The van der Waals surface area contributed by atoms with E-state index in [1.165, 1.54) is 90.8 Å². The Morgan fingerprint density at radius 2 is 1.90 bits per heavy atom. The molecule has 4 aromatic rings. The van der Waals surface area contributed by atoms with E-state index in [2.05, 4.69) is 15.4 Å². The molecule has 3 heterocycles. The third-order valence-electron chi connectivity index (χ3n) is 6.78. The predicted octanol–water partition coefficient (Wildman–Crippen LogP) is 4.61. The Labute approximate surface area is 233 Å². The number of carbonyl (C=O) groups excluding carboxylic acids is 2. The summed E-state index contributed by atoms with van der Waals surface area (Å²) in [4.78, 5) is 32.0. The number of hydrogen-bond acceptors (Lipinski definition) is 7. The third-order valence-corrected chi connectivity index (χ3v) is 6.78. The zero-order chi connectivity index (χ0) is 29.3. The lowest BCUT2D eigenvalue weighted by Gasteiger charge is -2.34. The number of nitrogens with one attached hydrogen (secondary N) is 1. The van der Waals surface area contributed by atoms with Crippen LogP contribution in [-0.4, -0.2) is 46.8 Å². The van der Waals surface area contributed by atoms with Crippen LogP contribution in [0.2, 0.25) is 0 Å². The summed E-state index contributed by atoms with van der Waals surface area (Å²) >= 11 is 0. The van der Waals surface area contributed by atoms with Gasteiger partial charge in [0.1, 0.15) is 17.5 Å². The smallest absolute Gasteiger partial charge is 0.303 e. The molecule has 12 heteroatoms. The van der Waals surface area contributed by atoms with Crippen molar-refractivity contribution in [1.29, 1.82) is 5.26 Å². The van der Waals surface area contributed by atoms with Crippen molar-refractivity contribution in [2.24, 2.45) is 0 Å². The van der Waals surface area contributed by atoms with Crippen LogP contribution >= 0.6 is 0 Å². The first-order chi connectivity index (χ1) is 19.7. The zero-order valence-corrected chi connectivity index (χ0v) is 22.3. The number of nitrogens with zero attached hydrogens (tertiary/aromatic N) is 5. The van der Waals surface area contributed by atoms with E-state index in [0.29, 0.717) is 18.0 Å². The number of ether oxygens (including phenoxy) is 2. The highest BCUT2D eigenvalue weighted by molar-refractivity contribution is 6.13. The van der Waals surface area contributed by atoms with E-state index in [4.69, 9.17) is 9.47 Å². The van der Waals surface area contributed by atoms with Gasteiger partial charge in [-0.15, -0.1) is 0 Å². The van der Waals surface area contributed by atoms with Crippen molar-refractivity contribution in [3.8, 4) is 17.7 Å². The summed E-state index contributed by atoms with van der Waals surface area (Å²) in [6.07, 6.45) is 2.74. The Morgan fingerprint density at radius 3 is 2.59 bits per heavy atom. The van der Waals surface area contributed by atoms with Crippen LogP contribution in [0.25, 0.3) is 0 Å². The molecule has 0 spiro atoms. The molecule has 0 radical (unpaired) electrons. The second-order valence-corrected chi connectivity index (χ2v) is 9.28. The largest absolute Gasteiger partial charge is 0.495 e. The van der Waals surface area contributed by atoms with Gasteiger partial charge in [0.05, 0.1) is 49.8 Å². The molecule has 2 amide bonds. The van der Waals surface area contributed by atoms with E-state index in [1.54, 1.807) is 0 Å². The number of rotatable bonds is 7. The number of alkyl halides is 2. The van der Waals surface area contributed by atoms with Crippen LogP contribution in [0.1, 0.15) is 44.5 Å². The summed E-state index contributed by atoms with van der Waals surface area (Å²) in [7, 11) is 2.70. The van der Waals surface area contributed by atoms with E-state index in [0.717, 1.165) is 0 Å². The number of amides is 2. The monoisotopic (exact) mass is 558 g/mol. The van der Waals surface area contributed by atoms with Gasteiger partial charge < -0.3 is 19.7 Å².